The second kappa shape index (κ2) is 5.26. The lowest BCUT2D eigenvalue weighted by atomic mass is 10.2. The Kier molecular flexibility index (Phi) is 3.72. The van der Waals surface area contributed by atoms with Crippen LogP contribution in [0.3, 0.4) is 0 Å². The number of anilines is 1. The van der Waals surface area contributed by atoms with Gasteiger partial charge in [-0.05, 0) is 25.7 Å². The molecule has 1 aliphatic carbocycles. The molecule has 0 amide bonds. The van der Waals surface area contributed by atoms with E-state index in [4.69, 9.17) is 0 Å². The third-order valence-corrected chi connectivity index (χ3v) is 3.35. The summed E-state index contributed by atoms with van der Waals surface area (Å²) < 4.78 is 4.24. The maximum atomic E-state index is 4.37. The predicted molar refractivity (Wildman–Crippen MR) is 64.3 cm³/mol. The van der Waals surface area contributed by atoms with Crippen LogP contribution in [0.4, 0.5) is 5.13 Å². The minimum atomic E-state index is 0.920. The van der Waals surface area contributed by atoms with Crippen molar-refractivity contribution in [3.05, 3.63) is 17.5 Å². The third kappa shape index (κ3) is 3.02. The Bertz CT molecular complexity index is 343. The number of allylic oxidation sites excluding steroid dienone is 1. The molecule has 0 atom stereocenters. The predicted octanol–water partition coefficient (Wildman–Crippen LogP) is 3.01. The summed E-state index contributed by atoms with van der Waals surface area (Å²) in [6.07, 6.45) is 8.35. The molecule has 82 valence electrons. The Balaban J connectivity index is 1.73. The largest absolute Gasteiger partial charge is 0.360 e. The third-order valence-electron chi connectivity index (χ3n) is 2.64. The molecular weight excluding hydrogens is 206 g/mol. The maximum Gasteiger partial charge on any atom is 0.202 e. The highest BCUT2D eigenvalue weighted by atomic mass is 32.1. The zero-order valence-electron chi connectivity index (χ0n) is 9.12. The number of nitrogens with one attached hydrogen (secondary N) is 1. The van der Waals surface area contributed by atoms with Crippen molar-refractivity contribution in [1.29, 1.82) is 0 Å². The average molecular weight is 223 g/mol. The lowest BCUT2D eigenvalue weighted by molar-refractivity contribution is 0.862. The number of aromatic nitrogens is 2. The van der Waals surface area contributed by atoms with Gasteiger partial charge in [-0.15, -0.1) is 0 Å². The van der Waals surface area contributed by atoms with Gasteiger partial charge in [-0.3, -0.25) is 0 Å². The van der Waals surface area contributed by atoms with Gasteiger partial charge in [-0.25, -0.2) is 4.98 Å². The van der Waals surface area contributed by atoms with E-state index in [9.17, 15) is 0 Å². The number of hydrogen-bond acceptors (Lipinski definition) is 4. The van der Waals surface area contributed by atoms with Crippen molar-refractivity contribution >= 4 is 16.7 Å². The molecule has 1 aliphatic rings. The Hall–Kier alpha value is -0.900. The Morgan fingerprint density at radius 3 is 3.13 bits per heavy atom. The lowest BCUT2D eigenvalue weighted by Crippen LogP contribution is -2.01. The van der Waals surface area contributed by atoms with E-state index in [1.165, 1.54) is 30.8 Å². The highest BCUT2D eigenvalue weighted by molar-refractivity contribution is 7.09. The molecule has 0 aromatic carbocycles. The first kappa shape index (κ1) is 10.6. The Morgan fingerprint density at radius 1 is 1.53 bits per heavy atom. The van der Waals surface area contributed by atoms with Gasteiger partial charge < -0.3 is 5.32 Å². The van der Waals surface area contributed by atoms with E-state index >= 15 is 0 Å². The first-order chi connectivity index (χ1) is 7.38. The Labute approximate surface area is 94.8 Å². The van der Waals surface area contributed by atoms with Crippen LogP contribution in [0.25, 0.3) is 0 Å². The fourth-order valence-electron chi connectivity index (χ4n) is 1.76. The van der Waals surface area contributed by atoms with Crippen LogP contribution >= 0.6 is 11.5 Å². The van der Waals surface area contributed by atoms with Gasteiger partial charge in [-0.2, -0.15) is 4.37 Å². The molecule has 3 nitrogen and oxygen atoms in total. The molecule has 1 aromatic rings. The topological polar surface area (TPSA) is 37.8 Å². The zero-order valence-corrected chi connectivity index (χ0v) is 9.94. The van der Waals surface area contributed by atoms with E-state index in [-0.39, 0.29) is 0 Å². The highest BCUT2D eigenvalue weighted by Gasteiger charge is 2.05. The van der Waals surface area contributed by atoms with Gasteiger partial charge in [0.2, 0.25) is 5.13 Å². The SMILES string of the molecule is CCc1nsc(NCCC2=CCCC2)n1. The summed E-state index contributed by atoms with van der Waals surface area (Å²) in [5.41, 5.74) is 1.60. The molecule has 0 spiro atoms. The summed E-state index contributed by atoms with van der Waals surface area (Å²) in [5.74, 6) is 0.947. The summed E-state index contributed by atoms with van der Waals surface area (Å²) in [7, 11) is 0. The molecule has 2 rings (SSSR count). The smallest absolute Gasteiger partial charge is 0.202 e. The molecule has 0 fully saturated rings. The number of aryl methyl sites for hydroxylation is 1. The second-order valence-corrected chi connectivity index (χ2v) is 4.55. The van der Waals surface area contributed by atoms with Crippen LogP contribution < -0.4 is 5.32 Å². The van der Waals surface area contributed by atoms with Crippen molar-refractivity contribution in [1.82, 2.24) is 9.36 Å². The average Bonchev–Trinajstić information content (AvgIpc) is 2.88. The molecule has 0 aliphatic heterocycles. The number of nitrogens with zero attached hydrogens (tertiary/aromatic N) is 2. The lowest BCUT2D eigenvalue weighted by Gasteiger charge is -2.02. The van der Waals surface area contributed by atoms with E-state index in [1.807, 2.05) is 0 Å². The quantitative estimate of drug-likeness (QED) is 0.780. The first-order valence-corrected chi connectivity index (χ1v) is 6.40. The zero-order chi connectivity index (χ0) is 10.5. The van der Waals surface area contributed by atoms with E-state index in [2.05, 4.69) is 27.7 Å². The summed E-state index contributed by atoms with van der Waals surface area (Å²) in [6.45, 7) is 3.07. The van der Waals surface area contributed by atoms with Gasteiger partial charge >= 0.3 is 0 Å². The standard InChI is InChI=1S/C11H17N3S/c1-2-10-13-11(15-14-10)12-8-7-9-5-3-4-6-9/h5H,2-4,6-8H2,1H3,(H,12,13,14). The fourth-order valence-corrected chi connectivity index (χ4v) is 2.44. The van der Waals surface area contributed by atoms with Crippen LogP contribution in [0.5, 0.6) is 0 Å². The summed E-state index contributed by atoms with van der Waals surface area (Å²) >= 11 is 1.46. The van der Waals surface area contributed by atoms with Crippen LogP contribution in [0.2, 0.25) is 0 Å². The van der Waals surface area contributed by atoms with Crippen molar-refractivity contribution in [2.45, 2.75) is 39.0 Å². The van der Waals surface area contributed by atoms with Crippen LogP contribution in [0.1, 0.15) is 38.4 Å². The summed E-state index contributed by atoms with van der Waals surface area (Å²) in [6, 6.07) is 0. The van der Waals surface area contributed by atoms with Crippen LogP contribution in [0, 0.1) is 0 Å². The normalized spacial score (nSPS) is 15.4. The van der Waals surface area contributed by atoms with Crippen LogP contribution in [-0.2, 0) is 6.42 Å². The highest BCUT2D eigenvalue weighted by Crippen LogP contribution is 2.20. The molecule has 0 saturated carbocycles. The monoisotopic (exact) mass is 223 g/mol. The maximum absolute atomic E-state index is 4.37. The van der Waals surface area contributed by atoms with E-state index in [0.29, 0.717) is 0 Å². The fraction of sp³-hybridized carbons (Fsp3) is 0.636. The van der Waals surface area contributed by atoms with E-state index in [0.717, 1.165) is 30.3 Å². The van der Waals surface area contributed by atoms with Crippen LogP contribution in [-0.4, -0.2) is 15.9 Å². The number of hydrogen-bond donors (Lipinski definition) is 1. The summed E-state index contributed by atoms with van der Waals surface area (Å²) in [5, 5.41) is 4.29. The molecule has 0 saturated heterocycles. The van der Waals surface area contributed by atoms with Crippen molar-refractivity contribution in [3.63, 3.8) is 0 Å². The van der Waals surface area contributed by atoms with E-state index < -0.39 is 0 Å². The van der Waals surface area contributed by atoms with Gasteiger partial charge in [0, 0.05) is 24.5 Å². The molecule has 0 radical (unpaired) electrons. The van der Waals surface area contributed by atoms with Gasteiger partial charge in [0.15, 0.2) is 0 Å². The molecule has 1 aromatic heterocycles. The van der Waals surface area contributed by atoms with Gasteiger partial charge in [0.25, 0.3) is 0 Å². The van der Waals surface area contributed by atoms with Crippen molar-refractivity contribution < 1.29 is 0 Å². The molecule has 1 N–H and O–H groups in total. The Morgan fingerprint density at radius 2 is 2.47 bits per heavy atom. The van der Waals surface area contributed by atoms with Crippen molar-refractivity contribution in [2.75, 3.05) is 11.9 Å². The molecule has 15 heavy (non-hydrogen) atoms. The molecule has 1 heterocycles. The van der Waals surface area contributed by atoms with Crippen molar-refractivity contribution in [2.24, 2.45) is 0 Å². The van der Waals surface area contributed by atoms with Gasteiger partial charge in [-0.1, -0.05) is 18.6 Å². The van der Waals surface area contributed by atoms with Crippen LogP contribution in [0.15, 0.2) is 11.6 Å². The van der Waals surface area contributed by atoms with Crippen molar-refractivity contribution in [3.8, 4) is 0 Å². The van der Waals surface area contributed by atoms with E-state index in [1.54, 1.807) is 5.57 Å². The second-order valence-electron chi connectivity index (χ2n) is 3.80. The van der Waals surface area contributed by atoms with Gasteiger partial charge in [0.05, 0.1) is 0 Å². The molecule has 4 heteroatoms. The first-order valence-electron chi connectivity index (χ1n) is 5.63. The summed E-state index contributed by atoms with van der Waals surface area (Å²) in [4.78, 5) is 4.37. The molecule has 0 bridgehead atoms. The molecule has 0 unspecified atom stereocenters. The minimum absolute atomic E-state index is 0.920. The minimum Gasteiger partial charge on any atom is -0.360 e. The molecular formula is C11H17N3S. The number of rotatable bonds is 5. The van der Waals surface area contributed by atoms with Gasteiger partial charge in [0.1, 0.15) is 5.82 Å².